The minimum absolute atomic E-state index is 0.288. The van der Waals surface area contributed by atoms with Gasteiger partial charge < -0.3 is 9.64 Å². The Bertz CT molecular complexity index is 1110. The van der Waals surface area contributed by atoms with Gasteiger partial charge in [-0.2, -0.15) is 0 Å². The molecule has 4 rings (SSSR count). The zero-order valence-corrected chi connectivity index (χ0v) is 15.5. The molecule has 4 heteroatoms. The second-order valence-electron chi connectivity index (χ2n) is 6.56. The van der Waals surface area contributed by atoms with E-state index >= 15 is 0 Å². The Morgan fingerprint density at radius 1 is 0.786 bits per heavy atom. The minimum atomic E-state index is -0.497. The highest BCUT2D eigenvalue weighted by Crippen LogP contribution is 2.29. The van der Waals surface area contributed by atoms with Crippen LogP contribution in [0, 0.1) is 0 Å². The number of esters is 1. The first-order valence-electron chi connectivity index (χ1n) is 9.04. The first-order chi connectivity index (χ1) is 13.6. The summed E-state index contributed by atoms with van der Waals surface area (Å²) in [4.78, 5) is 26.9. The van der Waals surface area contributed by atoms with Gasteiger partial charge in [0.05, 0.1) is 5.56 Å². The highest BCUT2D eigenvalue weighted by atomic mass is 16.5. The number of fused-ring (bicyclic) bond motifs is 2. The molecule has 0 bridgehead atoms. The molecule has 0 N–H and O–H groups in total. The molecule has 0 aliphatic rings. The number of hydrogen-bond donors (Lipinski definition) is 0. The summed E-state index contributed by atoms with van der Waals surface area (Å²) >= 11 is 0. The van der Waals surface area contributed by atoms with Gasteiger partial charge in [0.1, 0.15) is 0 Å². The van der Waals surface area contributed by atoms with Crippen LogP contribution >= 0.6 is 0 Å². The lowest BCUT2D eigenvalue weighted by molar-refractivity contribution is -0.121. The van der Waals surface area contributed by atoms with Crippen LogP contribution in [0.5, 0.6) is 0 Å². The number of para-hydroxylation sites is 1. The van der Waals surface area contributed by atoms with Crippen molar-refractivity contribution in [1.29, 1.82) is 0 Å². The Labute approximate surface area is 163 Å². The molecule has 0 saturated heterocycles. The SMILES string of the molecule is CN(C(=O)COC(=O)c1c2ccccc2cc2ccccc12)c1ccccc1. The summed E-state index contributed by atoms with van der Waals surface area (Å²) in [5.74, 6) is -0.785. The molecule has 0 aliphatic carbocycles. The van der Waals surface area contributed by atoms with Gasteiger partial charge in [0.15, 0.2) is 6.61 Å². The standard InChI is InChI=1S/C24H19NO3/c1-25(19-11-3-2-4-12-19)22(26)16-28-24(27)23-20-13-7-5-9-17(20)15-18-10-6-8-14-21(18)23/h2-15H,16H2,1H3. The Morgan fingerprint density at radius 2 is 1.32 bits per heavy atom. The van der Waals surface area contributed by atoms with Gasteiger partial charge in [-0.15, -0.1) is 0 Å². The quantitative estimate of drug-likeness (QED) is 0.383. The van der Waals surface area contributed by atoms with E-state index in [2.05, 4.69) is 6.07 Å². The van der Waals surface area contributed by atoms with Crippen LogP contribution in [0.15, 0.2) is 84.9 Å². The fraction of sp³-hybridized carbons (Fsp3) is 0.0833. The summed E-state index contributed by atoms with van der Waals surface area (Å²) < 4.78 is 5.42. The van der Waals surface area contributed by atoms with Crippen molar-refractivity contribution in [2.45, 2.75) is 0 Å². The molecule has 4 nitrogen and oxygen atoms in total. The van der Waals surface area contributed by atoms with E-state index in [1.807, 2.05) is 78.9 Å². The highest BCUT2D eigenvalue weighted by molar-refractivity contribution is 6.16. The maximum atomic E-state index is 12.9. The van der Waals surface area contributed by atoms with E-state index in [0.717, 1.165) is 27.2 Å². The number of carbonyl (C=O) groups excluding carboxylic acids is 2. The molecule has 1 amide bonds. The summed E-state index contributed by atoms with van der Waals surface area (Å²) in [5, 5.41) is 3.55. The predicted octanol–water partition coefficient (Wildman–Crippen LogP) is 4.81. The van der Waals surface area contributed by atoms with Crippen LogP contribution in [0.25, 0.3) is 21.5 Å². The molecule has 0 radical (unpaired) electrons. The van der Waals surface area contributed by atoms with Crippen molar-refractivity contribution in [3.63, 3.8) is 0 Å². The van der Waals surface area contributed by atoms with Gasteiger partial charge in [-0.05, 0) is 39.7 Å². The van der Waals surface area contributed by atoms with Crippen LogP contribution < -0.4 is 4.90 Å². The highest BCUT2D eigenvalue weighted by Gasteiger charge is 2.19. The predicted molar refractivity (Wildman–Crippen MR) is 112 cm³/mol. The second-order valence-corrected chi connectivity index (χ2v) is 6.56. The monoisotopic (exact) mass is 369 g/mol. The summed E-state index contributed by atoms with van der Waals surface area (Å²) in [7, 11) is 1.67. The fourth-order valence-corrected chi connectivity index (χ4v) is 3.33. The van der Waals surface area contributed by atoms with E-state index in [-0.39, 0.29) is 12.5 Å². The number of anilines is 1. The largest absolute Gasteiger partial charge is 0.452 e. The number of benzene rings is 4. The Morgan fingerprint density at radius 3 is 1.93 bits per heavy atom. The van der Waals surface area contributed by atoms with E-state index in [4.69, 9.17) is 4.74 Å². The van der Waals surface area contributed by atoms with Crippen LogP contribution in [-0.2, 0) is 9.53 Å². The Hall–Kier alpha value is -3.66. The molecule has 138 valence electrons. The van der Waals surface area contributed by atoms with Gasteiger partial charge in [-0.3, -0.25) is 4.79 Å². The number of carbonyl (C=O) groups is 2. The molecule has 0 heterocycles. The number of nitrogens with zero attached hydrogens (tertiary/aromatic N) is 1. The molecular formula is C24H19NO3. The molecule has 0 aliphatic heterocycles. The molecule has 4 aromatic carbocycles. The zero-order chi connectivity index (χ0) is 19.5. The van der Waals surface area contributed by atoms with Crippen LogP contribution in [-0.4, -0.2) is 25.5 Å². The molecule has 28 heavy (non-hydrogen) atoms. The Kier molecular flexibility index (Phi) is 4.77. The van der Waals surface area contributed by atoms with E-state index < -0.39 is 5.97 Å². The van der Waals surface area contributed by atoms with Crippen molar-refractivity contribution in [2.24, 2.45) is 0 Å². The third kappa shape index (κ3) is 3.32. The lowest BCUT2D eigenvalue weighted by atomic mass is 9.97. The number of likely N-dealkylation sites (N-methyl/N-ethyl adjacent to an activating group) is 1. The summed E-state index contributed by atoms with van der Waals surface area (Å²) in [6, 6.07) is 26.7. The number of rotatable bonds is 4. The molecule has 0 unspecified atom stereocenters. The van der Waals surface area contributed by atoms with Crippen molar-refractivity contribution < 1.29 is 14.3 Å². The van der Waals surface area contributed by atoms with Crippen molar-refractivity contribution in [1.82, 2.24) is 0 Å². The summed E-state index contributed by atoms with van der Waals surface area (Å²) in [6.07, 6.45) is 0. The van der Waals surface area contributed by atoms with Crippen molar-refractivity contribution in [3.8, 4) is 0 Å². The first kappa shape index (κ1) is 17.7. The number of ether oxygens (including phenoxy) is 1. The third-order valence-electron chi connectivity index (χ3n) is 4.82. The minimum Gasteiger partial charge on any atom is -0.452 e. The smallest absolute Gasteiger partial charge is 0.339 e. The average molecular weight is 369 g/mol. The number of hydrogen-bond acceptors (Lipinski definition) is 3. The van der Waals surface area contributed by atoms with Gasteiger partial charge in [0.2, 0.25) is 0 Å². The molecule has 0 saturated carbocycles. The van der Waals surface area contributed by atoms with Crippen LogP contribution in [0.3, 0.4) is 0 Å². The van der Waals surface area contributed by atoms with E-state index in [1.54, 1.807) is 7.05 Å². The maximum absolute atomic E-state index is 12.9. The van der Waals surface area contributed by atoms with E-state index in [1.165, 1.54) is 4.90 Å². The van der Waals surface area contributed by atoms with Gasteiger partial charge >= 0.3 is 5.97 Å². The average Bonchev–Trinajstić information content (AvgIpc) is 2.75. The van der Waals surface area contributed by atoms with Gasteiger partial charge in [-0.1, -0.05) is 66.7 Å². The molecule has 0 fully saturated rings. The first-order valence-corrected chi connectivity index (χ1v) is 9.04. The molecule has 0 atom stereocenters. The van der Waals surface area contributed by atoms with Crippen LogP contribution in [0.2, 0.25) is 0 Å². The van der Waals surface area contributed by atoms with Crippen LogP contribution in [0.1, 0.15) is 10.4 Å². The lowest BCUT2D eigenvalue weighted by Crippen LogP contribution is -2.31. The molecule has 4 aromatic rings. The van der Waals surface area contributed by atoms with E-state index in [9.17, 15) is 9.59 Å². The van der Waals surface area contributed by atoms with Crippen LogP contribution in [0.4, 0.5) is 5.69 Å². The van der Waals surface area contributed by atoms with Crippen molar-refractivity contribution in [2.75, 3.05) is 18.6 Å². The van der Waals surface area contributed by atoms with E-state index in [0.29, 0.717) is 5.56 Å². The topological polar surface area (TPSA) is 46.6 Å². The maximum Gasteiger partial charge on any atom is 0.339 e. The Balaban J connectivity index is 1.63. The van der Waals surface area contributed by atoms with Gasteiger partial charge in [-0.25, -0.2) is 4.79 Å². The number of amides is 1. The van der Waals surface area contributed by atoms with Crippen molar-refractivity contribution >= 4 is 39.1 Å². The van der Waals surface area contributed by atoms with Crippen molar-refractivity contribution in [3.05, 3.63) is 90.5 Å². The van der Waals surface area contributed by atoms with Gasteiger partial charge in [0.25, 0.3) is 5.91 Å². The lowest BCUT2D eigenvalue weighted by Gasteiger charge is -2.17. The zero-order valence-electron chi connectivity index (χ0n) is 15.5. The summed E-state index contributed by atoms with van der Waals surface area (Å²) in [5.41, 5.74) is 1.24. The fourth-order valence-electron chi connectivity index (χ4n) is 3.33. The van der Waals surface area contributed by atoms with Gasteiger partial charge in [0, 0.05) is 12.7 Å². The third-order valence-corrected chi connectivity index (χ3v) is 4.82. The molecule has 0 aromatic heterocycles. The molecular weight excluding hydrogens is 350 g/mol. The molecule has 0 spiro atoms. The normalized spacial score (nSPS) is 10.8. The summed E-state index contributed by atoms with van der Waals surface area (Å²) in [6.45, 7) is -0.318. The second kappa shape index (κ2) is 7.53.